The maximum absolute atomic E-state index is 13.2. The molecule has 0 spiro atoms. The Morgan fingerprint density at radius 3 is 2.57 bits per heavy atom. The highest BCUT2D eigenvalue weighted by atomic mass is 19.1. The molecule has 0 saturated carbocycles. The molecule has 21 heavy (non-hydrogen) atoms. The van der Waals surface area contributed by atoms with Crippen LogP contribution in [0.3, 0.4) is 0 Å². The minimum absolute atomic E-state index is 0.0946. The number of halogens is 1. The first-order valence-corrected chi connectivity index (χ1v) is 6.62. The number of amides is 1. The Morgan fingerprint density at radius 1 is 1.29 bits per heavy atom. The summed E-state index contributed by atoms with van der Waals surface area (Å²) in [6.45, 7) is 3.23. The van der Waals surface area contributed by atoms with Crippen molar-refractivity contribution in [2.24, 2.45) is 7.05 Å². The number of carbonyl (C=O) groups excluding carboxylic acids is 2. The fourth-order valence-electron chi connectivity index (χ4n) is 2.11. The summed E-state index contributed by atoms with van der Waals surface area (Å²) in [5.41, 5.74) is 1.56. The first-order chi connectivity index (χ1) is 9.88. The summed E-state index contributed by atoms with van der Waals surface area (Å²) in [6, 6.07) is 7.31. The molecule has 1 unspecified atom stereocenters. The third-order valence-corrected chi connectivity index (χ3v) is 3.34. The Labute approximate surface area is 122 Å². The van der Waals surface area contributed by atoms with Gasteiger partial charge in [0.25, 0.3) is 5.91 Å². The van der Waals surface area contributed by atoms with Crippen molar-refractivity contribution >= 4 is 11.7 Å². The van der Waals surface area contributed by atoms with Gasteiger partial charge in [0.05, 0.1) is 6.04 Å². The molecule has 0 aliphatic carbocycles. The summed E-state index contributed by atoms with van der Waals surface area (Å²) in [6.07, 6.45) is 1.62. The molecule has 1 aromatic carbocycles. The number of hydrogen-bond donors (Lipinski definition) is 1. The minimum atomic E-state index is -0.341. The molecule has 0 bridgehead atoms. The first kappa shape index (κ1) is 15.0. The summed E-state index contributed by atoms with van der Waals surface area (Å²) >= 11 is 0. The second-order valence-corrected chi connectivity index (χ2v) is 5.03. The summed E-state index contributed by atoms with van der Waals surface area (Å²) in [5.74, 6) is -0.740. The number of ketones is 1. The Bertz CT molecular complexity index is 691. The van der Waals surface area contributed by atoms with E-state index in [0.717, 1.165) is 0 Å². The zero-order valence-corrected chi connectivity index (χ0v) is 12.2. The molecule has 5 heteroatoms. The van der Waals surface area contributed by atoms with E-state index in [-0.39, 0.29) is 23.5 Å². The Balaban J connectivity index is 2.16. The number of aryl methyl sites for hydroxylation is 1. The average molecular weight is 288 g/mol. The highest BCUT2D eigenvalue weighted by molar-refractivity contribution is 5.99. The van der Waals surface area contributed by atoms with Gasteiger partial charge in [-0.1, -0.05) is 12.1 Å². The summed E-state index contributed by atoms with van der Waals surface area (Å²) in [7, 11) is 1.70. The number of hydrogen-bond acceptors (Lipinski definition) is 2. The molecule has 0 saturated heterocycles. The van der Waals surface area contributed by atoms with Crippen LogP contribution in [0.4, 0.5) is 4.39 Å². The van der Waals surface area contributed by atoms with Gasteiger partial charge in [0.2, 0.25) is 0 Å². The molecule has 0 aliphatic heterocycles. The van der Waals surface area contributed by atoms with Crippen LogP contribution in [0, 0.1) is 5.82 Å². The maximum atomic E-state index is 13.2. The van der Waals surface area contributed by atoms with Gasteiger partial charge in [-0.2, -0.15) is 0 Å². The molecule has 1 N–H and O–H groups in total. The van der Waals surface area contributed by atoms with Crippen molar-refractivity contribution in [2.75, 3.05) is 0 Å². The second-order valence-electron chi connectivity index (χ2n) is 5.03. The number of carbonyl (C=O) groups is 2. The quantitative estimate of drug-likeness (QED) is 0.879. The fraction of sp³-hybridized carbons (Fsp3) is 0.250. The van der Waals surface area contributed by atoms with E-state index in [1.165, 1.54) is 19.1 Å². The number of rotatable bonds is 4. The number of Topliss-reactive ketones (excluding diaryl/α,β-unsaturated/α-hetero) is 1. The molecule has 0 radical (unpaired) electrons. The molecule has 1 amide bonds. The molecule has 0 fully saturated rings. The largest absolute Gasteiger partial charge is 0.346 e. The van der Waals surface area contributed by atoms with E-state index >= 15 is 0 Å². The fourth-order valence-corrected chi connectivity index (χ4v) is 2.11. The van der Waals surface area contributed by atoms with Gasteiger partial charge in [-0.15, -0.1) is 0 Å². The van der Waals surface area contributed by atoms with Crippen molar-refractivity contribution in [1.29, 1.82) is 0 Å². The van der Waals surface area contributed by atoms with E-state index in [0.29, 0.717) is 16.8 Å². The van der Waals surface area contributed by atoms with Crippen LogP contribution in [-0.2, 0) is 7.05 Å². The van der Waals surface area contributed by atoms with Crippen LogP contribution in [0.5, 0.6) is 0 Å². The molecular formula is C16H17FN2O2. The van der Waals surface area contributed by atoms with E-state index in [1.54, 1.807) is 42.9 Å². The van der Waals surface area contributed by atoms with Crippen molar-refractivity contribution in [3.8, 4) is 0 Å². The maximum Gasteiger partial charge on any atom is 0.268 e. The normalized spacial score (nSPS) is 12.0. The van der Waals surface area contributed by atoms with Gasteiger partial charge in [-0.3, -0.25) is 9.59 Å². The Morgan fingerprint density at radius 2 is 2.00 bits per heavy atom. The Kier molecular flexibility index (Phi) is 4.21. The van der Waals surface area contributed by atoms with Gasteiger partial charge in [0, 0.05) is 18.8 Å². The van der Waals surface area contributed by atoms with Crippen LogP contribution in [0.15, 0.2) is 36.5 Å². The van der Waals surface area contributed by atoms with Gasteiger partial charge >= 0.3 is 0 Å². The second kappa shape index (κ2) is 5.91. The van der Waals surface area contributed by atoms with E-state index < -0.39 is 0 Å². The lowest BCUT2D eigenvalue weighted by atomic mass is 10.1. The third kappa shape index (κ3) is 3.37. The van der Waals surface area contributed by atoms with Crippen LogP contribution < -0.4 is 5.32 Å². The van der Waals surface area contributed by atoms with Gasteiger partial charge in [0.15, 0.2) is 5.78 Å². The lowest BCUT2D eigenvalue weighted by molar-refractivity contribution is 0.0931. The van der Waals surface area contributed by atoms with Crippen LogP contribution in [0.25, 0.3) is 0 Å². The molecule has 1 aromatic heterocycles. The van der Waals surface area contributed by atoms with Crippen LogP contribution in [-0.4, -0.2) is 16.3 Å². The summed E-state index contributed by atoms with van der Waals surface area (Å²) in [4.78, 5) is 23.6. The molecular weight excluding hydrogens is 271 g/mol. The van der Waals surface area contributed by atoms with Gasteiger partial charge in [0.1, 0.15) is 11.5 Å². The van der Waals surface area contributed by atoms with Crippen molar-refractivity contribution in [3.63, 3.8) is 0 Å². The lowest BCUT2D eigenvalue weighted by Gasteiger charge is -2.14. The average Bonchev–Trinajstić information content (AvgIpc) is 2.81. The number of nitrogens with zero attached hydrogens (tertiary/aromatic N) is 1. The van der Waals surface area contributed by atoms with Crippen LogP contribution in [0.1, 0.15) is 46.3 Å². The Hall–Kier alpha value is -2.43. The molecule has 110 valence electrons. The highest BCUT2D eigenvalue weighted by Gasteiger charge is 2.16. The predicted molar refractivity (Wildman–Crippen MR) is 77.7 cm³/mol. The molecule has 1 heterocycles. The minimum Gasteiger partial charge on any atom is -0.346 e. The van der Waals surface area contributed by atoms with E-state index in [2.05, 4.69) is 5.32 Å². The monoisotopic (exact) mass is 288 g/mol. The van der Waals surface area contributed by atoms with Crippen LogP contribution in [0.2, 0.25) is 0 Å². The number of nitrogens with one attached hydrogen (secondary N) is 1. The predicted octanol–water partition coefficient (Wildman–Crippen LogP) is 2.86. The third-order valence-electron chi connectivity index (χ3n) is 3.34. The molecule has 2 rings (SSSR count). The SMILES string of the molecule is CC(=O)c1cc(C(=O)NC(C)c2cccc(F)c2)n(C)c1. The first-order valence-electron chi connectivity index (χ1n) is 6.62. The topological polar surface area (TPSA) is 51.1 Å². The molecule has 2 aromatic rings. The summed E-state index contributed by atoms with van der Waals surface area (Å²) < 4.78 is 14.8. The molecule has 0 aliphatic rings. The van der Waals surface area contributed by atoms with E-state index in [9.17, 15) is 14.0 Å². The molecule has 4 nitrogen and oxygen atoms in total. The summed E-state index contributed by atoms with van der Waals surface area (Å²) in [5, 5.41) is 2.80. The number of benzene rings is 1. The van der Waals surface area contributed by atoms with Gasteiger partial charge < -0.3 is 9.88 Å². The molecule has 1 atom stereocenters. The van der Waals surface area contributed by atoms with E-state index in [1.807, 2.05) is 0 Å². The van der Waals surface area contributed by atoms with Crippen molar-refractivity contribution < 1.29 is 14.0 Å². The lowest BCUT2D eigenvalue weighted by Crippen LogP contribution is -2.28. The van der Waals surface area contributed by atoms with Crippen molar-refractivity contribution in [2.45, 2.75) is 19.9 Å². The van der Waals surface area contributed by atoms with Gasteiger partial charge in [-0.05, 0) is 37.6 Å². The van der Waals surface area contributed by atoms with Crippen molar-refractivity contribution in [1.82, 2.24) is 9.88 Å². The smallest absolute Gasteiger partial charge is 0.268 e. The zero-order chi connectivity index (χ0) is 15.6. The van der Waals surface area contributed by atoms with Crippen molar-refractivity contribution in [3.05, 3.63) is 59.2 Å². The van der Waals surface area contributed by atoms with E-state index in [4.69, 9.17) is 0 Å². The standard InChI is InChI=1S/C16H17FN2O2/c1-10(12-5-4-6-14(17)7-12)18-16(21)15-8-13(11(2)20)9-19(15)3/h4-10H,1-3H3,(H,18,21). The number of aromatic nitrogens is 1. The van der Waals surface area contributed by atoms with Crippen LogP contribution >= 0.6 is 0 Å². The zero-order valence-electron chi connectivity index (χ0n) is 12.2. The highest BCUT2D eigenvalue weighted by Crippen LogP contribution is 2.15. The van der Waals surface area contributed by atoms with Gasteiger partial charge in [-0.25, -0.2) is 4.39 Å².